The van der Waals surface area contributed by atoms with Gasteiger partial charge in [-0.1, -0.05) is 276 Å². The van der Waals surface area contributed by atoms with E-state index in [-0.39, 0.29) is 12.8 Å². The van der Waals surface area contributed by atoms with Gasteiger partial charge in [-0.15, -0.1) is 0 Å². The van der Waals surface area contributed by atoms with Gasteiger partial charge in [0.1, 0.15) is 36.6 Å². The van der Waals surface area contributed by atoms with Crippen molar-refractivity contribution in [2.75, 3.05) is 13.2 Å². The SMILES string of the molecule is CCCCCCCCCCCC/C=C\CCCCCCCCC(O)C(=O)NC(COC1OC(CO)C(O)C(O)C1O)C(O)C(O)CCC/C=C/CCCCCCCCCCCCCCCCCCCCCCCCCC. The lowest BCUT2D eigenvalue weighted by Crippen LogP contribution is -2.60. The van der Waals surface area contributed by atoms with Crippen molar-refractivity contribution in [2.24, 2.45) is 0 Å². The summed E-state index contributed by atoms with van der Waals surface area (Å²) in [6.07, 6.45) is 55.4. The van der Waals surface area contributed by atoms with Crippen LogP contribution in [0.4, 0.5) is 0 Å². The number of allylic oxidation sites excluding steroid dienone is 4. The lowest BCUT2D eigenvalue weighted by atomic mass is 9.98. The molecule has 0 saturated carbocycles. The van der Waals surface area contributed by atoms with Gasteiger partial charge in [0.05, 0.1) is 25.4 Å². The molecule has 9 unspecified atom stereocenters. The van der Waals surface area contributed by atoms with Crippen LogP contribution >= 0.6 is 0 Å². The molecule has 0 aromatic carbocycles. The monoisotopic (exact) mass is 1080 g/mol. The van der Waals surface area contributed by atoms with Gasteiger partial charge in [-0.2, -0.15) is 0 Å². The van der Waals surface area contributed by atoms with Gasteiger partial charge in [0.15, 0.2) is 6.29 Å². The summed E-state index contributed by atoms with van der Waals surface area (Å²) in [5, 5.41) is 76.3. The number of nitrogens with one attached hydrogen (secondary N) is 1. The molecule has 11 heteroatoms. The van der Waals surface area contributed by atoms with Gasteiger partial charge in [-0.3, -0.25) is 4.79 Å². The predicted molar refractivity (Wildman–Crippen MR) is 316 cm³/mol. The fraction of sp³-hybridized carbons (Fsp3) is 0.923. The molecule has 8 N–H and O–H groups in total. The van der Waals surface area contributed by atoms with Crippen LogP contribution in [-0.2, 0) is 14.3 Å². The second kappa shape index (κ2) is 54.2. The van der Waals surface area contributed by atoms with Crippen molar-refractivity contribution in [3.63, 3.8) is 0 Å². The van der Waals surface area contributed by atoms with Crippen molar-refractivity contribution in [3.8, 4) is 0 Å². The number of unbranched alkanes of at least 4 members (excludes halogenated alkanes) is 41. The fourth-order valence-corrected chi connectivity index (χ4v) is 10.7. The molecule has 0 bridgehead atoms. The Morgan fingerprint density at radius 3 is 1.13 bits per heavy atom. The third-order valence-corrected chi connectivity index (χ3v) is 16.0. The van der Waals surface area contributed by atoms with E-state index in [1.165, 1.54) is 218 Å². The smallest absolute Gasteiger partial charge is 0.249 e. The molecule has 1 amide bonds. The summed E-state index contributed by atoms with van der Waals surface area (Å²) in [5.74, 6) is -0.707. The highest BCUT2D eigenvalue weighted by atomic mass is 16.7. The molecule has 1 fully saturated rings. The van der Waals surface area contributed by atoms with E-state index in [9.17, 15) is 40.5 Å². The third-order valence-electron chi connectivity index (χ3n) is 16.0. The maximum absolute atomic E-state index is 13.2. The van der Waals surface area contributed by atoms with E-state index in [1.54, 1.807) is 0 Å². The molecule has 9 atom stereocenters. The number of amides is 1. The highest BCUT2D eigenvalue weighted by Crippen LogP contribution is 2.24. The number of hydrogen-bond donors (Lipinski definition) is 8. The summed E-state index contributed by atoms with van der Waals surface area (Å²) in [4.78, 5) is 13.2. The maximum Gasteiger partial charge on any atom is 0.249 e. The van der Waals surface area contributed by atoms with E-state index in [4.69, 9.17) is 9.47 Å². The minimum Gasteiger partial charge on any atom is -0.394 e. The van der Waals surface area contributed by atoms with Crippen LogP contribution in [0.5, 0.6) is 0 Å². The fourth-order valence-electron chi connectivity index (χ4n) is 10.7. The molecule has 0 aromatic heterocycles. The quantitative estimate of drug-likeness (QED) is 0.0215. The topological polar surface area (TPSA) is 189 Å². The number of aliphatic hydroxyl groups excluding tert-OH is 7. The molecule has 1 heterocycles. The van der Waals surface area contributed by atoms with E-state index in [2.05, 4.69) is 43.5 Å². The maximum atomic E-state index is 13.2. The second-order valence-corrected chi connectivity index (χ2v) is 23.2. The molecule has 11 nitrogen and oxygen atoms in total. The first kappa shape index (κ1) is 72.6. The molecule has 76 heavy (non-hydrogen) atoms. The zero-order valence-electron chi connectivity index (χ0n) is 49.5. The van der Waals surface area contributed by atoms with Crippen molar-refractivity contribution in [1.82, 2.24) is 5.32 Å². The van der Waals surface area contributed by atoms with Crippen LogP contribution in [0.3, 0.4) is 0 Å². The Balaban J connectivity index is 2.25. The van der Waals surface area contributed by atoms with Crippen molar-refractivity contribution in [2.45, 2.75) is 371 Å². The average Bonchev–Trinajstić information content (AvgIpc) is 3.42. The van der Waals surface area contributed by atoms with Gasteiger partial charge in [0.25, 0.3) is 0 Å². The van der Waals surface area contributed by atoms with Crippen LogP contribution in [0.25, 0.3) is 0 Å². The standard InChI is InChI=1S/C65H125NO10/c1-3-5-7-9-11-13-15-17-19-21-23-25-26-27-28-29-30-31-32-33-35-36-38-40-42-44-46-48-50-52-57(68)60(70)56(55-75-65-63(73)62(72)61(71)59(54-67)76-65)66-64(74)58(69)53-51-49-47-45-43-41-39-37-34-24-22-20-18-16-14-12-10-8-6-4-2/h34,37,44,46,56-63,65,67-73H,3-33,35-36,38-43,45,47-55H2,1-2H3,(H,66,74)/b37-34-,46-44+. The van der Waals surface area contributed by atoms with Gasteiger partial charge < -0.3 is 50.5 Å². The molecule has 0 spiro atoms. The molecule has 0 aliphatic carbocycles. The van der Waals surface area contributed by atoms with Gasteiger partial charge >= 0.3 is 0 Å². The molecular formula is C65H125NO10. The first-order chi connectivity index (χ1) is 37.2. The molecule has 450 valence electrons. The van der Waals surface area contributed by atoms with Crippen LogP contribution < -0.4 is 5.32 Å². The molecule has 0 radical (unpaired) electrons. The van der Waals surface area contributed by atoms with Gasteiger partial charge in [0, 0.05) is 0 Å². The zero-order valence-corrected chi connectivity index (χ0v) is 49.5. The summed E-state index contributed by atoms with van der Waals surface area (Å²) in [5.41, 5.74) is 0. The lowest BCUT2D eigenvalue weighted by molar-refractivity contribution is -0.303. The van der Waals surface area contributed by atoms with E-state index < -0.39 is 74.2 Å². The number of carbonyl (C=O) groups excluding carboxylic acids is 1. The Morgan fingerprint density at radius 1 is 0.447 bits per heavy atom. The number of ether oxygens (including phenoxy) is 2. The number of hydrogen-bond acceptors (Lipinski definition) is 10. The molecular weight excluding hydrogens is 955 g/mol. The van der Waals surface area contributed by atoms with Crippen molar-refractivity contribution < 1.29 is 50.0 Å². The first-order valence-electron chi connectivity index (χ1n) is 32.7. The summed E-state index contributed by atoms with van der Waals surface area (Å²) in [7, 11) is 0. The van der Waals surface area contributed by atoms with E-state index >= 15 is 0 Å². The Morgan fingerprint density at radius 2 is 0.776 bits per heavy atom. The number of aliphatic hydroxyl groups is 7. The average molecular weight is 1080 g/mol. The van der Waals surface area contributed by atoms with Crippen molar-refractivity contribution in [1.29, 1.82) is 0 Å². The molecule has 1 aliphatic rings. The largest absolute Gasteiger partial charge is 0.394 e. The number of carbonyl (C=O) groups is 1. The highest BCUT2D eigenvalue weighted by molar-refractivity contribution is 5.80. The van der Waals surface area contributed by atoms with E-state index in [1.807, 2.05) is 0 Å². The number of rotatable bonds is 57. The minimum atomic E-state index is -1.67. The molecule has 1 aliphatic heterocycles. The van der Waals surface area contributed by atoms with Gasteiger partial charge in [0.2, 0.25) is 5.91 Å². The van der Waals surface area contributed by atoms with Gasteiger partial charge in [-0.05, 0) is 64.2 Å². The predicted octanol–water partition coefficient (Wildman–Crippen LogP) is 14.9. The Kier molecular flexibility index (Phi) is 51.8. The van der Waals surface area contributed by atoms with E-state index in [0.29, 0.717) is 12.8 Å². The first-order valence-corrected chi connectivity index (χ1v) is 32.7. The zero-order chi connectivity index (χ0) is 55.4. The molecule has 1 saturated heterocycles. The third kappa shape index (κ3) is 41.6. The summed E-state index contributed by atoms with van der Waals surface area (Å²) in [6, 6.07) is -1.19. The minimum absolute atomic E-state index is 0.248. The van der Waals surface area contributed by atoms with Crippen LogP contribution in [-0.4, -0.2) is 110 Å². The van der Waals surface area contributed by atoms with Crippen molar-refractivity contribution in [3.05, 3.63) is 24.3 Å². The molecule has 1 rings (SSSR count). The Bertz CT molecular complexity index is 1280. The Hall–Kier alpha value is -1.41. The lowest BCUT2D eigenvalue weighted by Gasteiger charge is -2.40. The summed E-state index contributed by atoms with van der Waals surface area (Å²) < 4.78 is 11.2. The van der Waals surface area contributed by atoms with Crippen LogP contribution in [0.2, 0.25) is 0 Å². The summed E-state index contributed by atoms with van der Waals surface area (Å²) in [6.45, 7) is 3.48. The van der Waals surface area contributed by atoms with Crippen molar-refractivity contribution >= 4 is 5.91 Å². The van der Waals surface area contributed by atoms with Crippen LogP contribution in [0.1, 0.15) is 316 Å². The Labute approximate surface area is 467 Å². The van der Waals surface area contributed by atoms with Crippen LogP contribution in [0, 0.1) is 0 Å². The molecule has 0 aromatic rings. The van der Waals surface area contributed by atoms with Gasteiger partial charge in [-0.25, -0.2) is 0 Å². The van der Waals surface area contributed by atoms with E-state index in [0.717, 1.165) is 57.8 Å². The second-order valence-electron chi connectivity index (χ2n) is 23.2. The highest BCUT2D eigenvalue weighted by Gasteiger charge is 2.44. The van der Waals surface area contributed by atoms with Crippen LogP contribution in [0.15, 0.2) is 24.3 Å². The normalized spacial score (nSPS) is 19.7. The summed E-state index contributed by atoms with van der Waals surface area (Å²) >= 11 is 0.